The van der Waals surface area contributed by atoms with Gasteiger partial charge >= 0.3 is 5.97 Å². The zero-order chi connectivity index (χ0) is 25.8. The number of nitrogens with zero attached hydrogens (tertiary/aromatic N) is 1. The second-order valence-corrected chi connectivity index (χ2v) is 11.1. The number of hydrogen-bond acceptors (Lipinski definition) is 5. The van der Waals surface area contributed by atoms with Crippen LogP contribution in [-0.4, -0.2) is 30.6 Å². The molecule has 0 bridgehead atoms. The van der Waals surface area contributed by atoms with E-state index in [1.165, 1.54) is 0 Å². The molecular formula is C27H31Cl2N3O3. The molecule has 0 radical (unpaired) electrons. The van der Waals surface area contributed by atoms with Gasteiger partial charge in [0.05, 0.1) is 12.7 Å². The lowest BCUT2D eigenvalue weighted by Crippen LogP contribution is -2.44. The first kappa shape index (κ1) is 27.0. The fourth-order valence-corrected chi connectivity index (χ4v) is 5.27. The smallest absolute Gasteiger partial charge is 0.323 e. The van der Waals surface area contributed by atoms with Gasteiger partial charge in [-0.1, -0.05) is 68.2 Å². The van der Waals surface area contributed by atoms with Gasteiger partial charge in [0.15, 0.2) is 0 Å². The van der Waals surface area contributed by atoms with E-state index in [1.54, 1.807) is 24.3 Å². The van der Waals surface area contributed by atoms with Gasteiger partial charge in [0.25, 0.3) is 0 Å². The summed E-state index contributed by atoms with van der Waals surface area (Å²) in [6, 6.07) is 15.9. The summed E-state index contributed by atoms with van der Waals surface area (Å²) in [6.07, 6.45) is 1.09. The van der Waals surface area contributed by atoms with Gasteiger partial charge in [0, 0.05) is 28.4 Å². The van der Waals surface area contributed by atoms with Crippen molar-refractivity contribution in [2.75, 3.05) is 6.61 Å². The number of carbonyl (C=O) groups excluding carboxylic acids is 2. The van der Waals surface area contributed by atoms with E-state index in [1.807, 2.05) is 24.3 Å². The molecular weight excluding hydrogens is 485 g/mol. The molecule has 4 atom stereocenters. The van der Waals surface area contributed by atoms with Crippen LogP contribution in [-0.2, 0) is 19.7 Å². The third kappa shape index (κ3) is 6.16. The van der Waals surface area contributed by atoms with E-state index in [-0.39, 0.29) is 24.5 Å². The molecule has 6 nitrogen and oxygen atoms in total. The number of nitrogens with two attached hydrogens (primary N) is 1. The van der Waals surface area contributed by atoms with Crippen LogP contribution in [0.5, 0.6) is 0 Å². The van der Waals surface area contributed by atoms with Crippen LogP contribution in [0.3, 0.4) is 0 Å². The van der Waals surface area contributed by atoms with E-state index in [2.05, 4.69) is 32.2 Å². The highest BCUT2D eigenvalue weighted by Crippen LogP contribution is 2.51. The Hall–Kier alpha value is -2.59. The van der Waals surface area contributed by atoms with Crippen LogP contribution in [0.4, 0.5) is 0 Å². The van der Waals surface area contributed by atoms with Crippen LogP contribution in [0, 0.1) is 16.7 Å². The summed E-state index contributed by atoms with van der Waals surface area (Å²) in [5.74, 6) is -1.51. The van der Waals surface area contributed by atoms with E-state index in [0.717, 1.165) is 11.1 Å². The van der Waals surface area contributed by atoms with E-state index in [4.69, 9.17) is 33.7 Å². The molecule has 1 heterocycles. The molecule has 186 valence electrons. The minimum atomic E-state index is -1.10. The number of hydrogen-bond donors (Lipinski definition) is 2. The lowest BCUT2D eigenvalue weighted by molar-refractivity contribution is -0.146. The lowest BCUT2D eigenvalue weighted by Gasteiger charge is -2.37. The number of rotatable bonds is 8. The number of nitriles is 1. The largest absolute Gasteiger partial charge is 0.464 e. The average molecular weight is 516 g/mol. The van der Waals surface area contributed by atoms with Crippen molar-refractivity contribution in [3.63, 3.8) is 0 Å². The van der Waals surface area contributed by atoms with Crippen molar-refractivity contribution < 1.29 is 14.3 Å². The summed E-state index contributed by atoms with van der Waals surface area (Å²) in [6.45, 7) is 6.36. The summed E-state index contributed by atoms with van der Waals surface area (Å²) in [5, 5.41) is 15.4. The molecule has 3 N–H and O–H groups in total. The van der Waals surface area contributed by atoms with Crippen molar-refractivity contribution in [1.82, 2.24) is 5.32 Å². The summed E-state index contributed by atoms with van der Waals surface area (Å²) in [7, 11) is 0. The number of nitrogens with one attached hydrogen (secondary N) is 1. The van der Waals surface area contributed by atoms with Gasteiger partial charge in [-0.15, -0.1) is 0 Å². The van der Waals surface area contributed by atoms with Crippen molar-refractivity contribution in [3.05, 3.63) is 69.7 Å². The van der Waals surface area contributed by atoms with E-state index in [9.17, 15) is 14.9 Å². The fraction of sp³-hybridized carbons (Fsp3) is 0.444. The van der Waals surface area contributed by atoms with Crippen molar-refractivity contribution in [2.24, 2.45) is 11.1 Å². The van der Waals surface area contributed by atoms with Crippen LogP contribution in [0.15, 0.2) is 48.5 Å². The first-order valence-corrected chi connectivity index (χ1v) is 12.4. The Kier molecular flexibility index (Phi) is 8.48. The molecule has 0 aromatic heterocycles. The highest BCUT2D eigenvalue weighted by Gasteiger charge is 2.60. The summed E-state index contributed by atoms with van der Waals surface area (Å²) < 4.78 is 5.56. The van der Waals surface area contributed by atoms with Gasteiger partial charge in [0.1, 0.15) is 11.5 Å². The van der Waals surface area contributed by atoms with Crippen molar-refractivity contribution in [3.8, 4) is 6.07 Å². The number of ether oxygens (including phenoxy) is 1. The molecule has 0 unspecified atom stereocenters. The number of amides is 1. The summed E-state index contributed by atoms with van der Waals surface area (Å²) >= 11 is 12.5. The third-order valence-electron chi connectivity index (χ3n) is 6.35. The van der Waals surface area contributed by atoms with Gasteiger partial charge < -0.3 is 10.5 Å². The normalized spacial score (nSPS) is 24.1. The minimum absolute atomic E-state index is 0.0622. The Morgan fingerprint density at radius 3 is 2.40 bits per heavy atom. The molecule has 3 rings (SSSR count). The number of benzene rings is 2. The van der Waals surface area contributed by atoms with Crippen LogP contribution < -0.4 is 11.1 Å². The Morgan fingerprint density at radius 2 is 1.83 bits per heavy atom. The highest BCUT2D eigenvalue weighted by molar-refractivity contribution is 6.30. The van der Waals surface area contributed by atoms with Gasteiger partial charge in [0.2, 0.25) is 5.91 Å². The van der Waals surface area contributed by atoms with Crippen LogP contribution in [0.2, 0.25) is 10.0 Å². The first-order chi connectivity index (χ1) is 16.5. The van der Waals surface area contributed by atoms with Gasteiger partial charge in [-0.25, -0.2) is 0 Å². The molecule has 1 amide bonds. The monoisotopic (exact) mass is 515 g/mol. The minimum Gasteiger partial charge on any atom is -0.464 e. The molecule has 1 saturated heterocycles. The Labute approximate surface area is 216 Å². The maximum Gasteiger partial charge on any atom is 0.323 e. The molecule has 2 aromatic carbocycles. The second-order valence-electron chi connectivity index (χ2n) is 10.2. The summed E-state index contributed by atoms with van der Waals surface area (Å²) in [5.41, 5.74) is 5.49. The SMILES string of the molecule is CC(C)(C)C[C@@H]1N[C@@H](C(=O)OCCCC(N)=O)[C@H](c2cccc(Cl)c2)[C@@]1(C#N)c1ccc(Cl)cc1. The standard InChI is InChI=1S/C27H31Cl2N3O3/c1-26(2,3)15-21-27(16-30,18-9-11-19(28)12-10-18)23(17-6-4-7-20(29)14-17)24(32-21)25(34)35-13-5-8-22(31)33/h4,6-7,9-12,14,21,23-24,32H,5,8,13,15H2,1-3H3,(H2,31,33)/t21-,23-,24+,27-/m0/s1. The molecule has 0 spiro atoms. The van der Waals surface area contributed by atoms with Gasteiger partial charge in [-0.05, 0) is 53.6 Å². The number of carbonyl (C=O) groups is 2. The Balaban J connectivity index is 2.13. The third-order valence-corrected chi connectivity index (χ3v) is 6.84. The molecule has 1 aliphatic rings. The van der Waals surface area contributed by atoms with Crippen molar-refractivity contribution in [2.45, 2.75) is 63.5 Å². The van der Waals surface area contributed by atoms with Crippen molar-refractivity contribution in [1.29, 1.82) is 5.26 Å². The molecule has 1 fully saturated rings. The maximum atomic E-state index is 13.4. The topological polar surface area (TPSA) is 105 Å². The number of halogens is 2. The Bertz CT molecular complexity index is 1110. The maximum absolute atomic E-state index is 13.4. The van der Waals surface area contributed by atoms with E-state index < -0.39 is 29.3 Å². The number of primary amides is 1. The zero-order valence-electron chi connectivity index (χ0n) is 20.2. The quantitative estimate of drug-likeness (QED) is 0.374. The Morgan fingerprint density at radius 1 is 1.14 bits per heavy atom. The highest BCUT2D eigenvalue weighted by atomic mass is 35.5. The van der Waals surface area contributed by atoms with Gasteiger partial charge in [-0.3, -0.25) is 14.9 Å². The van der Waals surface area contributed by atoms with Crippen LogP contribution >= 0.6 is 23.2 Å². The predicted octanol–water partition coefficient (Wildman–Crippen LogP) is 5.12. The molecule has 0 saturated carbocycles. The molecule has 35 heavy (non-hydrogen) atoms. The molecule has 1 aliphatic heterocycles. The van der Waals surface area contributed by atoms with Crippen LogP contribution in [0.1, 0.15) is 57.1 Å². The average Bonchev–Trinajstić information content (AvgIpc) is 3.10. The number of esters is 1. The molecule has 2 aromatic rings. The second kappa shape index (κ2) is 11.0. The van der Waals surface area contributed by atoms with Crippen LogP contribution in [0.25, 0.3) is 0 Å². The molecule has 8 heteroatoms. The lowest BCUT2D eigenvalue weighted by atomic mass is 9.63. The first-order valence-electron chi connectivity index (χ1n) is 11.6. The van der Waals surface area contributed by atoms with Gasteiger partial charge in [-0.2, -0.15) is 5.26 Å². The predicted molar refractivity (Wildman–Crippen MR) is 137 cm³/mol. The zero-order valence-corrected chi connectivity index (χ0v) is 21.7. The van der Waals surface area contributed by atoms with E-state index in [0.29, 0.717) is 22.9 Å². The molecule has 0 aliphatic carbocycles. The van der Waals surface area contributed by atoms with Crippen molar-refractivity contribution >= 4 is 35.1 Å². The fourth-order valence-electron chi connectivity index (χ4n) is 4.94. The summed E-state index contributed by atoms with van der Waals surface area (Å²) in [4.78, 5) is 24.5. The van der Waals surface area contributed by atoms with E-state index >= 15 is 0 Å².